The number of hydrogen-bond donors (Lipinski definition) is 1. The van der Waals surface area contributed by atoms with Crippen LogP contribution in [0.25, 0.3) is 0 Å². The number of anilines is 3. The minimum atomic E-state index is 0.698. The molecule has 2 rings (SSSR count). The van der Waals surface area contributed by atoms with E-state index in [-0.39, 0.29) is 0 Å². The van der Waals surface area contributed by atoms with Gasteiger partial charge in [0, 0.05) is 12.7 Å². The summed E-state index contributed by atoms with van der Waals surface area (Å²) in [7, 11) is 2.01. The van der Waals surface area contributed by atoms with Crippen LogP contribution in [0, 0.1) is 13.8 Å². The van der Waals surface area contributed by atoms with Crippen molar-refractivity contribution < 1.29 is 0 Å². The lowest BCUT2D eigenvalue weighted by Crippen LogP contribution is -2.12. The molecule has 0 fully saturated rings. The molecule has 1 aromatic carbocycles. The summed E-state index contributed by atoms with van der Waals surface area (Å²) in [6.07, 6.45) is 1.69. The third kappa shape index (κ3) is 2.38. The van der Waals surface area contributed by atoms with E-state index < -0.39 is 0 Å². The van der Waals surface area contributed by atoms with Crippen LogP contribution >= 0.6 is 0 Å². The Bertz CT molecular complexity index is 517. The Morgan fingerprint density at radius 2 is 1.76 bits per heavy atom. The third-order valence-corrected chi connectivity index (χ3v) is 2.81. The first-order chi connectivity index (χ1) is 8.08. The molecule has 0 aliphatic carbocycles. The number of hydrogen-bond acceptors (Lipinski definition) is 3. The van der Waals surface area contributed by atoms with E-state index in [4.69, 9.17) is 5.73 Å². The van der Waals surface area contributed by atoms with Crippen molar-refractivity contribution in [1.29, 1.82) is 0 Å². The molecular weight excluding hydrogens is 210 g/mol. The van der Waals surface area contributed by atoms with E-state index in [1.807, 2.05) is 20.0 Å². The highest BCUT2D eigenvalue weighted by atomic mass is 15.2. The lowest BCUT2D eigenvalue weighted by molar-refractivity contribution is 1.10. The summed E-state index contributed by atoms with van der Waals surface area (Å²) < 4.78 is 0. The molecule has 0 radical (unpaired) electrons. The van der Waals surface area contributed by atoms with Crippen molar-refractivity contribution in [1.82, 2.24) is 4.98 Å². The lowest BCUT2D eigenvalue weighted by Gasteiger charge is -2.20. The molecule has 0 atom stereocenters. The predicted octanol–water partition coefficient (Wildman–Crippen LogP) is 3.05. The molecule has 2 aromatic rings. The lowest BCUT2D eigenvalue weighted by atomic mass is 10.2. The van der Waals surface area contributed by atoms with Gasteiger partial charge >= 0.3 is 0 Å². The molecule has 0 bridgehead atoms. The number of nitrogens with zero attached hydrogens (tertiary/aromatic N) is 2. The molecule has 0 spiro atoms. The topological polar surface area (TPSA) is 42.2 Å². The number of nitrogen functional groups attached to an aromatic ring is 1. The molecular formula is C14H17N3. The SMILES string of the molecule is Cc1ccc(N(C)c2ncc(N)cc2C)cc1. The molecule has 0 unspecified atom stereocenters. The second-order valence-corrected chi connectivity index (χ2v) is 4.30. The minimum absolute atomic E-state index is 0.698. The Labute approximate surface area is 102 Å². The van der Waals surface area contributed by atoms with Gasteiger partial charge in [0.15, 0.2) is 0 Å². The van der Waals surface area contributed by atoms with Gasteiger partial charge in [0.05, 0.1) is 11.9 Å². The molecule has 1 heterocycles. The largest absolute Gasteiger partial charge is 0.397 e. The molecule has 0 aliphatic rings. The fourth-order valence-corrected chi connectivity index (χ4v) is 1.83. The number of benzene rings is 1. The van der Waals surface area contributed by atoms with Crippen LogP contribution in [0.15, 0.2) is 36.5 Å². The van der Waals surface area contributed by atoms with E-state index >= 15 is 0 Å². The Balaban J connectivity index is 2.36. The van der Waals surface area contributed by atoms with Crippen LogP contribution in [0.3, 0.4) is 0 Å². The maximum atomic E-state index is 5.71. The van der Waals surface area contributed by atoms with Gasteiger partial charge in [-0.15, -0.1) is 0 Å². The first kappa shape index (κ1) is 11.5. The van der Waals surface area contributed by atoms with Gasteiger partial charge in [-0.2, -0.15) is 0 Å². The molecule has 0 aliphatic heterocycles. The molecule has 0 amide bonds. The van der Waals surface area contributed by atoms with E-state index in [9.17, 15) is 0 Å². The highest BCUT2D eigenvalue weighted by molar-refractivity contribution is 5.63. The van der Waals surface area contributed by atoms with Gasteiger partial charge in [0.25, 0.3) is 0 Å². The molecule has 88 valence electrons. The van der Waals surface area contributed by atoms with Gasteiger partial charge in [-0.25, -0.2) is 4.98 Å². The first-order valence-corrected chi connectivity index (χ1v) is 5.60. The Kier molecular flexibility index (Phi) is 3.00. The van der Waals surface area contributed by atoms with E-state index in [2.05, 4.69) is 41.1 Å². The van der Waals surface area contributed by atoms with Crippen LogP contribution in [-0.2, 0) is 0 Å². The second-order valence-electron chi connectivity index (χ2n) is 4.30. The van der Waals surface area contributed by atoms with Gasteiger partial charge in [-0.05, 0) is 37.6 Å². The quantitative estimate of drug-likeness (QED) is 0.857. The molecule has 3 heteroatoms. The zero-order chi connectivity index (χ0) is 12.4. The second kappa shape index (κ2) is 4.45. The number of pyridine rings is 1. The number of aromatic nitrogens is 1. The summed E-state index contributed by atoms with van der Waals surface area (Å²) in [4.78, 5) is 6.44. The average molecular weight is 227 g/mol. The molecule has 3 nitrogen and oxygen atoms in total. The van der Waals surface area contributed by atoms with Gasteiger partial charge in [0.1, 0.15) is 5.82 Å². The van der Waals surface area contributed by atoms with Gasteiger partial charge in [0.2, 0.25) is 0 Å². The zero-order valence-corrected chi connectivity index (χ0v) is 10.4. The highest BCUT2D eigenvalue weighted by Crippen LogP contribution is 2.25. The van der Waals surface area contributed by atoms with Crippen LogP contribution in [-0.4, -0.2) is 12.0 Å². The summed E-state index contributed by atoms with van der Waals surface area (Å²) in [5.74, 6) is 0.933. The maximum absolute atomic E-state index is 5.71. The van der Waals surface area contributed by atoms with Crippen LogP contribution in [0.2, 0.25) is 0 Å². The third-order valence-electron chi connectivity index (χ3n) is 2.81. The van der Waals surface area contributed by atoms with Crippen molar-refractivity contribution in [3.8, 4) is 0 Å². The van der Waals surface area contributed by atoms with Gasteiger partial charge in [-0.1, -0.05) is 17.7 Å². The van der Waals surface area contributed by atoms with Crippen LogP contribution < -0.4 is 10.6 Å². The first-order valence-electron chi connectivity index (χ1n) is 5.60. The fourth-order valence-electron chi connectivity index (χ4n) is 1.83. The van der Waals surface area contributed by atoms with E-state index in [1.54, 1.807) is 6.20 Å². The van der Waals surface area contributed by atoms with E-state index in [1.165, 1.54) is 5.56 Å². The average Bonchev–Trinajstić information content (AvgIpc) is 2.29. The highest BCUT2D eigenvalue weighted by Gasteiger charge is 2.08. The Hall–Kier alpha value is -2.03. The number of aryl methyl sites for hydroxylation is 2. The minimum Gasteiger partial charge on any atom is -0.397 e. The maximum Gasteiger partial charge on any atom is 0.135 e. The van der Waals surface area contributed by atoms with Crippen LogP contribution in [0.4, 0.5) is 17.2 Å². The molecule has 0 saturated heterocycles. The monoisotopic (exact) mass is 227 g/mol. The normalized spacial score (nSPS) is 10.3. The standard InChI is InChI=1S/C14H17N3/c1-10-4-6-13(7-5-10)17(3)14-11(2)8-12(15)9-16-14/h4-9H,15H2,1-3H3. The summed E-state index contributed by atoms with van der Waals surface area (Å²) in [5, 5.41) is 0. The molecule has 2 N–H and O–H groups in total. The van der Waals surface area contributed by atoms with Crippen molar-refractivity contribution in [2.24, 2.45) is 0 Å². The molecule has 17 heavy (non-hydrogen) atoms. The van der Waals surface area contributed by atoms with Crippen molar-refractivity contribution >= 4 is 17.2 Å². The van der Waals surface area contributed by atoms with Crippen molar-refractivity contribution in [3.05, 3.63) is 47.7 Å². The van der Waals surface area contributed by atoms with E-state index in [0.29, 0.717) is 5.69 Å². The van der Waals surface area contributed by atoms with Gasteiger partial charge < -0.3 is 10.6 Å². The zero-order valence-electron chi connectivity index (χ0n) is 10.4. The van der Waals surface area contributed by atoms with E-state index in [0.717, 1.165) is 17.1 Å². The smallest absolute Gasteiger partial charge is 0.135 e. The van der Waals surface area contributed by atoms with Crippen molar-refractivity contribution in [3.63, 3.8) is 0 Å². The summed E-state index contributed by atoms with van der Waals surface area (Å²) in [6, 6.07) is 10.3. The molecule has 0 saturated carbocycles. The predicted molar refractivity (Wildman–Crippen MR) is 72.6 cm³/mol. The number of rotatable bonds is 2. The van der Waals surface area contributed by atoms with Crippen LogP contribution in [0.1, 0.15) is 11.1 Å². The van der Waals surface area contributed by atoms with Crippen molar-refractivity contribution in [2.75, 3.05) is 17.7 Å². The number of nitrogens with two attached hydrogens (primary N) is 1. The fraction of sp³-hybridized carbons (Fsp3) is 0.214. The Morgan fingerprint density at radius 1 is 1.12 bits per heavy atom. The summed E-state index contributed by atoms with van der Waals surface area (Å²) in [6.45, 7) is 4.10. The molecule has 1 aromatic heterocycles. The van der Waals surface area contributed by atoms with Crippen LogP contribution in [0.5, 0.6) is 0 Å². The Morgan fingerprint density at radius 3 is 2.35 bits per heavy atom. The van der Waals surface area contributed by atoms with Crippen molar-refractivity contribution in [2.45, 2.75) is 13.8 Å². The summed E-state index contributed by atoms with van der Waals surface area (Å²) in [5.41, 5.74) is 9.85. The van der Waals surface area contributed by atoms with Gasteiger partial charge in [-0.3, -0.25) is 0 Å². The summed E-state index contributed by atoms with van der Waals surface area (Å²) >= 11 is 0.